The molecule has 4 aliphatic rings. The van der Waals surface area contributed by atoms with Crippen LogP contribution in [-0.4, -0.2) is 24.2 Å². The highest BCUT2D eigenvalue weighted by Crippen LogP contribution is 2.68. The van der Waals surface area contributed by atoms with Gasteiger partial charge in [-0.3, -0.25) is 4.79 Å². The molecule has 4 rings (SSSR count). The van der Waals surface area contributed by atoms with Crippen LogP contribution in [0.1, 0.15) is 91.4 Å². The Morgan fingerprint density at radius 2 is 1.75 bits per heavy atom. The number of carbonyl (C=O) groups excluding carboxylic acids is 1. The number of rotatable bonds is 4. The van der Waals surface area contributed by atoms with Crippen LogP contribution in [0.25, 0.3) is 0 Å². The van der Waals surface area contributed by atoms with E-state index in [-0.39, 0.29) is 12.0 Å². The Hall–Kier alpha value is -0.570. The molecule has 0 aromatic rings. The average Bonchev–Trinajstić information content (AvgIpc) is 3.03. The molecule has 0 saturated heterocycles. The molecule has 1 amide bonds. The molecule has 0 bridgehead atoms. The van der Waals surface area contributed by atoms with Crippen LogP contribution in [0.5, 0.6) is 0 Å². The number of aliphatic hydroxyl groups excluding tert-OH is 1. The Kier molecular flexibility index (Phi) is 5.61. The Bertz CT molecular complexity index is 591. The van der Waals surface area contributed by atoms with E-state index in [0.29, 0.717) is 23.2 Å². The summed E-state index contributed by atoms with van der Waals surface area (Å²) in [5.74, 6) is 5.08. The van der Waals surface area contributed by atoms with Crippen molar-refractivity contribution in [2.24, 2.45) is 46.3 Å². The first-order valence-electron chi connectivity index (χ1n) is 12.2. The van der Waals surface area contributed by atoms with E-state index in [9.17, 15) is 9.90 Å². The van der Waals surface area contributed by atoms with Gasteiger partial charge in [0.15, 0.2) is 0 Å². The van der Waals surface area contributed by atoms with Crippen molar-refractivity contribution < 1.29 is 9.90 Å². The van der Waals surface area contributed by atoms with Gasteiger partial charge in [0, 0.05) is 13.5 Å². The second-order valence-corrected chi connectivity index (χ2v) is 11.5. The predicted molar refractivity (Wildman–Crippen MR) is 114 cm³/mol. The van der Waals surface area contributed by atoms with E-state index in [0.717, 1.165) is 48.9 Å². The lowest BCUT2D eigenvalue weighted by atomic mass is 9.44. The monoisotopic (exact) mass is 389 g/mol. The molecule has 0 heterocycles. The number of aliphatic hydroxyl groups is 1. The first kappa shape index (κ1) is 20.7. The third-order valence-electron chi connectivity index (χ3n) is 10.5. The van der Waals surface area contributed by atoms with Crippen LogP contribution < -0.4 is 5.32 Å². The molecule has 0 radical (unpaired) electrons. The molecular weight excluding hydrogens is 346 g/mol. The second-order valence-electron chi connectivity index (χ2n) is 11.5. The lowest BCUT2D eigenvalue weighted by Gasteiger charge is -2.61. The largest absolute Gasteiger partial charge is 0.393 e. The Morgan fingerprint density at radius 1 is 1.04 bits per heavy atom. The Balaban J connectivity index is 1.48. The Labute approximate surface area is 172 Å². The standard InChI is InChI=1S/C25H43NO2/c1-16(5-10-23(28)26-4)20-8-9-21-19-7-6-17-15-18(27)11-13-24(17,2)22(19)12-14-25(20,21)3/h16-22,27H,5-15H2,1-4H3,(H,26,28). The van der Waals surface area contributed by atoms with Gasteiger partial charge in [-0.05, 0) is 111 Å². The quantitative estimate of drug-likeness (QED) is 0.697. The molecule has 3 nitrogen and oxygen atoms in total. The number of hydrogen-bond acceptors (Lipinski definition) is 2. The minimum atomic E-state index is -0.0412. The molecule has 9 unspecified atom stereocenters. The fourth-order valence-corrected chi connectivity index (χ4v) is 8.90. The topological polar surface area (TPSA) is 49.3 Å². The van der Waals surface area contributed by atoms with Crippen molar-refractivity contribution in [3.63, 3.8) is 0 Å². The van der Waals surface area contributed by atoms with Crippen molar-refractivity contribution in [2.75, 3.05) is 7.05 Å². The van der Waals surface area contributed by atoms with Gasteiger partial charge in [-0.25, -0.2) is 0 Å². The van der Waals surface area contributed by atoms with Crippen molar-refractivity contribution >= 4 is 5.91 Å². The highest BCUT2D eigenvalue weighted by Gasteiger charge is 2.60. The van der Waals surface area contributed by atoms with E-state index in [4.69, 9.17) is 0 Å². The summed E-state index contributed by atoms with van der Waals surface area (Å²) < 4.78 is 0. The lowest BCUT2D eigenvalue weighted by molar-refractivity contribution is -0.129. The summed E-state index contributed by atoms with van der Waals surface area (Å²) in [6, 6.07) is 0. The SMILES string of the molecule is CNC(=O)CCC(C)C1CCC2C3CCC4CC(O)CCC4(C)C3CCC12C. The summed E-state index contributed by atoms with van der Waals surface area (Å²) in [5.41, 5.74) is 0.965. The van der Waals surface area contributed by atoms with Crippen LogP contribution in [0.2, 0.25) is 0 Å². The van der Waals surface area contributed by atoms with Crippen LogP contribution in [0.15, 0.2) is 0 Å². The fourth-order valence-electron chi connectivity index (χ4n) is 8.90. The summed E-state index contributed by atoms with van der Waals surface area (Å²) >= 11 is 0. The summed E-state index contributed by atoms with van der Waals surface area (Å²) in [6.07, 6.45) is 13.3. The Morgan fingerprint density at radius 3 is 2.50 bits per heavy atom. The van der Waals surface area contributed by atoms with Crippen molar-refractivity contribution in [3.8, 4) is 0 Å². The molecular formula is C25H43NO2. The van der Waals surface area contributed by atoms with Crippen LogP contribution in [-0.2, 0) is 4.79 Å². The van der Waals surface area contributed by atoms with Crippen LogP contribution in [0.4, 0.5) is 0 Å². The number of fused-ring (bicyclic) bond motifs is 5. The first-order valence-corrected chi connectivity index (χ1v) is 12.2. The highest BCUT2D eigenvalue weighted by molar-refractivity contribution is 5.75. The highest BCUT2D eigenvalue weighted by atomic mass is 16.3. The molecule has 9 atom stereocenters. The fraction of sp³-hybridized carbons (Fsp3) is 0.960. The summed E-state index contributed by atoms with van der Waals surface area (Å²) in [6.45, 7) is 7.61. The minimum Gasteiger partial charge on any atom is -0.393 e. The van der Waals surface area contributed by atoms with Crippen molar-refractivity contribution in [1.82, 2.24) is 5.32 Å². The van der Waals surface area contributed by atoms with Gasteiger partial charge in [-0.1, -0.05) is 20.8 Å². The third kappa shape index (κ3) is 3.24. The predicted octanol–water partition coefficient (Wildman–Crippen LogP) is 5.17. The van der Waals surface area contributed by atoms with E-state index in [1.54, 1.807) is 7.05 Å². The zero-order chi connectivity index (χ0) is 20.1. The van der Waals surface area contributed by atoms with Gasteiger partial charge < -0.3 is 10.4 Å². The minimum absolute atomic E-state index is 0.0412. The molecule has 3 heteroatoms. The molecule has 0 aromatic carbocycles. The maximum absolute atomic E-state index is 11.7. The number of nitrogens with one attached hydrogen (secondary N) is 1. The number of amides is 1. The van der Waals surface area contributed by atoms with Gasteiger partial charge in [-0.2, -0.15) is 0 Å². The van der Waals surface area contributed by atoms with Gasteiger partial charge >= 0.3 is 0 Å². The van der Waals surface area contributed by atoms with Gasteiger partial charge in [0.25, 0.3) is 0 Å². The summed E-state index contributed by atoms with van der Waals surface area (Å²) in [7, 11) is 1.75. The molecule has 0 spiro atoms. The zero-order valence-electron chi connectivity index (χ0n) is 18.7. The maximum atomic E-state index is 11.7. The van der Waals surface area contributed by atoms with Gasteiger partial charge in [-0.15, -0.1) is 0 Å². The zero-order valence-corrected chi connectivity index (χ0v) is 18.7. The van der Waals surface area contributed by atoms with Gasteiger partial charge in [0.2, 0.25) is 5.91 Å². The molecule has 4 fully saturated rings. The van der Waals surface area contributed by atoms with E-state index < -0.39 is 0 Å². The number of carbonyl (C=O) groups is 1. The molecule has 160 valence electrons. The molecule has 0 aliphatic heterocycles. The molecule has 0 aromatic heterocycles. The van der Waals surface area contributed by atoms with Gasteiger partial charge in [0.05, 0.1) is 6.10 Å². The molecule has 4 aliphatic carbocycles. The van der Waals surface area contributed by atoms with Gasteiger partial charge in [0.1, 0.15) is 0 Å². The lowest BCUT2D eigenvalue weighted by Crippen LogP contribution is -2.54. The van der Waals surface area contributed by atoms with Crippen molar-refractivity contribution in [1.29, 1.82) is 0 Å². The van der Waals surface area contributed by atoms with Crippen molar-refractivity contribution in [3.05, 3.63) is 0 Å². The molecule has 4 saturated carbocycles. The van der Waals surface area contributed by atoms with Crippen molar-refractivity contribution in [2.45, 2.75) is 97.5 Å². The summed E-state index contributed by atoms with van der Waals surface area (Å²) in [4.78, 5) is 11.7. The third-order valence-corrected chi connectivity index (χ3v) is 10.5. The van der Waals surface area contributed by atoms with E-state index >= 15 is 0 Å². The molecule has 28 heavy (non-hydrogen) atoms. The smallest absolute Gasteiger partial charge is 0.219 e. The van der Waals surface area contributed by atoms with E-state index in [1.807, 2.05) is 0 Å². The van der Waals surface area contributed by atoms with E-state index in [2.05, 4.69) is 26.1 Å². The first-order chi connectivity index (χ1) is 13.3. The average molecular weight is 390 g/mol. The molecule has 2 N–H and O–H groups in total. The summed E-state index contributed by atoms with van der Waals surface area (Å²) in [5, 5.41) is 13.0. The second kappa shape index (κ2) is 7.60. The van der Waals surface area contributed by atoms with Crippen LogP contribution >= 0.6 is 0 Å². The number of hydrogen-bond donors (Lipinski definition) is 2. The normalized spacial score (nSPS) is 48.9. The van der Waals surface area contributed by atoms with E-state index in [1.165, 1.54) is 44.9 Å². The van der Waals surface area contributed by atoms with Crippen LogP contribution in [0.3, 0.4) is 0 Å². The maximum Gasteiger partial charge on any atom is 0.219 e. The van der Waals surface area contributed by atoms with Crippen LogP contribution in [0, 0.1) is 46.3 Å².